The molecule has 15 heavy (non-hydrogen) atoms. The molecule has 0 bridgehead atoms. The van der Waals surface area contributed by atoms with Crippen molar-refractivity contribution in [3.8, 4) is 0 Å². The SMILES string of the molecule is Cl.N[C@@H](c1cc(F)c(F)c(F)c1)C1CC1. The minimum Gasteiger partial charge on any atom is -0.324 e. The van der Waals surface area contributed by atoms with Crippen LogP contribution in [-0.2, 0) is 0 Å². The minimum atomic E-state index is -1.43. The monoisotopic (exact) mass is 237 g/mol. The van der Waals surface area contributed by atoms with Gasteiger partial charge < -0.3 is 5.73 Å². The highest BCUT2D eigenvalue weighted by molar-refractivity contribution is 5.85. The molecule has 2 rings (SSSR count). The highest BCUT2D eigenvalue weighted by Crippen LogP contribution is 2.39. The molecule has 1 fully saturated rings. The molecular weight excluding hydrogens is 227 g/mol. The number of hydrogen-bond acceptors (Lipinski definition) is 1. The van der Waals surface area contributed by atoms with Gasteiger partial charge in [-0.25, -0.2) is 13.2 Å². The van der Waals surface area contributed by atoms with Gasteiger partial charge >= 0.3 is 0 Å². The Balaban J connectivity index is 0.00000112. The molecule has 1 aromatic carbocycles. The molecule has 1 aliphatic carbocycles. The summed E-state index contributed by atoms with van der Waals surface area (Å²) in [5, 5.41) is 0. The Kier molecular flexibility index (Phi) is 3.62. The molecule has 0 heterocycles. The maximum Gasteiger partial charge on any atom is 0.194 e. The summed E-state index contributed by atoms with van der Waals surface area (Å²) in [5.41, 5.74) is 6.07. The third-order valence-corrected chi connectivity index (χ3v) is 2.52. The van der Waals surface area contributed by atoms with Crippen molar-refractivity contribution < 1.29 is 13.2 Å². The average molecular weight is 238 g/mol. The van der Waals surface area contributed by atoms with Crippen LogP contribution < -0.4 is 5.73 Å². The van der Waals surface area contributed by atoms with Gasteiger partial charge in [-0.05, 0) is 36.5 Å². The van der Waals surface area contributed by atoms with Gasteiger partial charge in [0.25, 0.3) is 0 Å². The molecule has 0 spiro atoms. The molecule has 1 atom stereocenters. The lowest BCUT2D eigenvalue weighted by molar-refractivity contribution is 0.442. The summed E-state index contributed by atoms with van der Waals surface area (Å²) in [6, 6.07) is 1.57. The van der Waals surface area contributed by atoms with Gasteiger partial charge in [-0.3, -0.25) is 0 Å². The third-order valence-electron chi connectivity index (χ3n) is 2.52. The van der Waals surface area contributed by atoms with E-state index in [1.54, 1.807) is 0 Å². The maximum absolute atomic E-state index is 12.8. The molecule has 0 aromatic heterocycles. The number of nitrogens with two attached hydrogens (primary N) is 1. The second kappa shape index (κ2) is 4.41. The fourth-order valence-corrected chi connectivity index (χ4v) is 1.50. The van der Waals surface area contributed by atoms with Crippen LogP contribution in [0.1, 0.15) is 24.4 Å². The van der Waals surface area contributed by atoms with Crippen LogP contribution in [0.3, 0.4) is 0 Å². The summed E-state index contributed by atoms with van der Waals surface area (Å²) in [6.45, 7) is 0. The standard InChI is InChI=1S/C10H10F3N.ClH/c11-7-3-6(4-8(12)9(7)13)10(14)5-1-2-5;/h3-5,10H,1-2,14H2;1H/t10-;/m1./s1. The van der Waals surface area contributed by atoms with Crippen molar-refractivity contribution in [2.24, 2.45) is 11.7 Å². The summed E-state index contributed by atoms with van der Waals surface area (Å²) >= 11 is 0. The van der Waals surface area contributed by atoms with Crippen LogP contribution in [0.15, 0.2) is 12.1 Å². The van der Waals surface area contributed by atoms with Gasteiger partial charge in [0.2, 0.25) is 0 Å². The minimum absolute atomic E-state index is 0. The largest absolute Gasteiger partial charge is 0.324 e. The van der Waals surface area contributed by atoms with Crippen molar-refractivity contribution in [1.82, 2.24) is 0 Å². The van der Waals surface area contributed by atoms with Crippen LogP contribution >= 0.6 is 12.4 Å². The van der Waals surface area contributed by atoms with Crippen molar-refractivity contribution >= 4 is 12.4 Å². The predicted octanol–water partition coefficient (Wildman–Crippen LogP) is 2.94. The van der Waals surface area contributed by atoms with Crippen molar-refractivity contribution in [3.05, 3.63) is 35.1 Å². The van der Waals surface area contributed by atoms with E-state index >= 15 is 0 Å². The van der Waals surface area contributed by atoms with E-state index in [9.17, 15) is 13.2 Å². The van der Waals surface area contributed by atoms with E-state index in [0.717, 1.165) is 25.0 Å². The van der Waals surface area contributed by atoms with Crippen molar-refractivity contribution in [2.45, 2.75) is 18.9 Å². The molecule has 5 heteroatoms. The van der Waals surface area contributed by atoms with E-state index in [2.05, 4.69) is 0 Å². The Morgan fingerprint density at radius 2 is 1.60 bits per heavy atom. The van der Waals surface area contributed by atoms with Crippen molar-refractivity contribution in [3.63, 3.8) is 0 Å². The molecule has 1 saturated carbocycles. The maximum atomic E-state index is 12.8. The lowest BCUT2D eigenvalue weighted by Gasteiger charge is -2.10. The number of hydrogen-bond donors (Lipinski definition) is 1. The van der Waals surface area contributed by atoms with Crippen LogP contribution in [0.4, 0.5) is 13.2 Å². The molecule has 0 unspecified atom stereocenters. The zero-order chi connectivity index (χ0) is 10.3. The molecule has 2 N–H and O–H groups in total. The Labute approximate surface area is 91.9 Å². The Bertz CT molecular complexity index is 343. The summed E-state index contributed by atoms with van der Waals surface area (Å²) < 4.78 is 38.2. The molecule has 84 valence electrons. The molecule has 0 amide bonds. The second-order valence-electron chi connectivity index (χ2n) is 3.66. The summed E-state index contributed by atoms with van der Waals surface area (Å²) in [7, 11) is 0. The molecule has 0 aliphatic heterocycles. The van der Waals surface area contributed by atoms with Crippen molar-refractivity contribution in [1.29, 1.82) is 0 Å². The molecule has 0 saturated heterocycles. The first-order valence-electron chi connectivity index (χ1n) is 4.49. The van der Waals surface area contributed by atoms with Gasteiger partial charge in [0, 0.05) is 6.04 Å². The van der Waals surface area contributed by atoms with Gasteiger partial charge in [0.15, 0.2) is 17.5 Å². The van der Waals surface area contributed by atoms with Crippen LogP contribution in [0, 0.1) is 23.4 Å². The van der Waals surface area contributed by atoms with Crippen molar-refractivity contribution in [2.75, 3.05) is 0 Å². The van der Waals surface area contributed by atoms with Gasteiger partial charge in [0.1, 0.15) is 0 Å². The summed E-state index contributed by atoms with van der Waals surface area (Å²) in [6.07, 6.45) is 1.95. The summed E-state index contributed by atoms with van der Waals surface area (Å²) in [4.78, 5) is 0. The Morgan fingerprint density at radius 3 is 2.00 bits per heavy atom. The fourth-order valence-electron chi connectivity index (χ4n) is 1.50. The van der Waals surface area contributed by atoms with Crippen LogP contribution in [0.2, 0.25) is 0 Å². The number of rotatable bonds is 2. The molecule has 1 aliphatic rings. The average Bonchev–Trinajstić information content (AvgIpc) is 2.95. The topological polar surface area (TPSA) is 26.0 Å². The first kappa shape index (κ1) is 12.3. The van der Waals surface area contributed by atoms with Crippen LogP contribution in [-0.4, -0.2) is 0 Å². The van der Waals surface area contributed by atoms with E-state index in [-0.39, 0.29) is 18.4 Å². The molecule has 1 aromatic rings. The second-order valence-corrected chi connectivity index (χ2v) is 3.66. The Hall–Kier alpha value is -0.740. The van der Waals surface area contributed by atoms with E-state index in [1.807, 2.05) is 0 Å². The zero-order valence-corrected chi connectivity index (χ0v) is 8.66. The van der Waals surface area contributed by atoms with Gasteiger partial charge in [0.05, 0.1) is 0 Å². The summed E-state index contributed by atoms with van der Waals surface area (Å²) in [5.74, 6) is -3.48. The lowest BCUT2D eigenvalue weighted by Crippen LogP contribution is -2.13. The van der Waals surface area contributed by atoms with Gasteiger partial charge in [-0.15, -0.1) is 12.4 Å². The lowest BCUT2D eigenvalue weighted by atomic mass is 10.0. The first-order chi connectivity index (χ1) is 6.59. The molecule has 1 nitrogen and oxygen atoms in total. The first-order valence-corrected chi connectivity index (χ1v) is 4.49. The normalized spacial score (nSPS) is 17.1. The highest BCUT2D eigenvalue weighted by atomic mass is 35.5. The van der Waals surface area contributed by atoms with Gasteiger partial charge in [-0.1, -0.05) is 0 Å². The molecule has 0 radical (unpaired) electrons. The van der Waals surface area contributed by atoms with Gasteiger partial charge in [-0.2, -0.15) is 0 Å². The van der Waals surface area contributed by atoms with E-state index in [0.29, 0.717) is 11.5 Å². The van der Waals surface area contributed by atoms with E-state index < -0.39 is 17.5 Å². The Morgan fingerprint density at radius 1 is 1.13 bits per heavy atom. The van der Waals surface area contributed by atoms with E-state index in [1.165, 1.54) is 0 Å². The fraction of sp³-hybridized carbons (Fsp3) is 0.400. The van der Waals surface area contributed by atoms with E-state index in [4.69, 9.17) is 5.73 Å². The third kappa shape index (κ3) is 2.44. The number of halogens is 4. The smallest absolute Gasteiger partial charge is 0.194 e. The van der Waals surface area contributed by atoms with Crippen LogP contribution in [0.5, 0.6) is 0 Å². The van der Waals surface area contributed by atoms with Crippen LogP contribution in [0.25, 0.3) is 0 Å². The zero-order valence-electron chi connectivity index (χ0n) is 7.84. The quantitative estimate of drug-likeness (QED) is 0.787. The molecular formula is C10H11ClF3N. The number of benzene rings is 1. The predicted molar refractivity (Wildman–Crippen MR) is 53.2 cm³/mol. The highest BCUT2D eigenvalue weighted by Gasteiger charge is 2.30.